The maximum atomic E-state index is 12.4. The molecule has 0 aliphatic heterocycles. The highest BCUT2D eigenvalue weighted by Crippen LogP contribution is 2.18. The summed E-state index contributed by atoms with van der Waals surface area (Å²) in [5, 5.41) is 12.6. The number of H-pyrrole nitrogens is 1. The molecule has 0 bridgehead atoms. The van der Waals surface area contributed by atoms with Crippen molar-refractivity contribution in [2.45, 2.75) is 57.4 Å². The molecule has 146 valence electrons. The van der Waals surface area contributed by atoms with E-state index in [9.17, 15) is 19.6 Å². The number of hydrogen-bond acceptors (Lipinski definition) is 5. The van der Waals surface area contributed by atoms with Crippen molar-refractivity contribution >= 4 is 22.6 Å². The molecule has 1 amide bonds. The van der Waals surface area contributed by atoms with Crippen molar-refractivity contribution in [2.24, 2.45) is 5.92 Å². The van der Waals surface area contributed by atoms with E-state index in [0.717, 1.165) is 32.1 Å². The lowest BCUT2D eigenvalue weighted by atomic mass is 9.94. The second-order valence-corrected chi connectivity index (χ2v) is 7.26. The SMILES string of the molecule is N#CC(C(=O)CCCc1nc2ccccc2c(=O)[nH]1)C(=O)NC1CCCCC1. The lowest BCUT2D eigenvalue weighted by molar-refractivity contribution is -0.132. The van der Waals surface area contributed by atoms with Crippen LogP contribution in [-0.2, 0) is 16.0 Å². The fourth-order valence-corrected chi connectivity index (χ4v) is 3.64. The van der Waals surface area contributed by atoms with Gasteiger partial charge in [0.05, 0.1) is 17.0 Å². The van der Waals surface area contributed by atoms with Crippen LogP contribution in [0.4, 0.5) is 0 Å². The Morgan fingerprint density at radius 1 is 1.25 bits per heavy atom. The number of aromatic nitrogens is 2. The first kappa shape index (κ1) is 19.7. The summed E-state index contributed by atoms with van der Waals surface area (Å²) in [6, 6.07) is 8.96. The second kappa shape index (κ2) is 9.27. The number of carbonyl (C=O) groups is 2. The minimum Gasteiger partial charge on any atom is -0.352 e. The van der Waals surface area contributed by atoms with Crippen LogP contribution in [0.15, 0.2) is 29.1 Å². The van der Waals surface area contributed by atoms with Gasteiger partial charge in [0.15, 0.2) is 11.7 Å². The molecule has 0 spiro atoms. The summed E-state index contributed by atoms with van der Waals surface area (Å²) < 4.78 is 0. The number of benzene rings is 1. The van der Waals surface area contributed by atoms with Gasteiger partial charge in [-0.05, 0) is 31.4 Å². The smallest absolute Gasteiger partial charge is 0.258 e. The molecule has 1 fully saturated rings. The highest BCUT2D eigenvalue weighted by atomic mass is 16.2. The summed E-state index contributed by atoms with van der Waals surface area (Å²) in [6.45, 7) is 0. The van der Waals surface area contributed by atoms with Crippen molar-refractivity contribution in [3.63, 3.8) is 0 Å². The summed E-state index contributed by atoms with van der Waals surface area (Å²) in [5.41, 5.74) is 0.392. The number of carbonyl (C=O) groups excluding carboxylic acids is 2. The summed E-state index contributed by atoms with van der Waals surface area (Å²) >= 11 is 0. The topological polar surface area (TPSA) is 116 Å². The molecule has 7 heteroatoms. The molecule has 1 heterocycles. The monoisotopic (exact) mass is 380 g/mol. The molecule has 2 N–H and O–H groups in total. The summed E-state index contributed by atoms with van der Waals surface area (Å²) in [4.78, 5) is 43.8. The van der Waals surface area contributed by atoms with Crippen LogP contribution in [0.25, 0.3) is 10.9 Å². The number of nitrogens with zero attached hydrogens (tertiary/aromatic N) is 2. The van der Waals surface area contributed by atoms with E-state index in [4.69, 9.17) is 0 Å². The third kappa shape index (κ3) is 4.83. The van der Waals surface area contributed by atoms with Gasteiger partial charge < -0.3 is 10.3 Å². The average Bonchev–Trinajstić information content (AvgIpc) is 2.69. The van der Waals surface area contributed by atoms with Crippen LogP contribution < -0.4 is 10.9 Å². The van der Waals surface area contributed by atoms with E-state index in [1.54, 1.807) is 18.2 Å². The van der Waals surface area contributed by atoms with Crippen LogP contribution in [0.5, 0.6) is 0 Å². The number of ketones is 1. The maximum absolute atomic E-state index is 12.4. The van der Waals surface area contributed by atoms with Crippen molar-refractivity contribution in [3.05, 3.63) is 40.4 Å². The van der Waals surface area contributed by atoms with Crippen molar-refractivity contribution < 1.29 is 9.59 Å². The quantitative estimate of drug-likeness (QED) is 0.716. The average molecular weight is 380 g/mol. The third-order valence-electron chi connectivity index (χ3n) is 5.16. The van der Waals surface area contributed by atoms with Gasteiger partial charge >= 0.3 is 0 Å². The van der Waals surface area contributed by atoms with Crippen molar-refractivity contribution in [1.82, 2.24) is 15.3 Å². The van der Waals surface area contributed by atoms with Crippen molar-refractivity contribution in [2.75, 3.05) is 0 Å². The fourth-order valence-electron chi connectivity index (χ4n) is 3.64. The molecule has 2 aromatic rings. The van der Waals surface area contributed by atoms with Crippen LogP contribution in [-0.4, -0.2) is 27.7 Å². The molecule has 28 heavy (non-hydrogen) atoms. The predicted molar refractivity (Wildman–Crippen MR) is 104 cm³/mol. The number of rotatable bonds is 7. The third-order valence-corrected chi connectivity index (χ3v) is 5.16. The van der Waals surface area contributed by atoms with Gasteiger partial charge in [-0.1, -0.05) is 31.4 Å². The van der Waals surface area contributed by atoms with E-state index in [1.807, 2.05) is 12.1 Å². The molecular weight excluding hydrogens is 356 g/mol. The molecule has 1 aliphatic rings. The summed E-state index contributed by atoms with van der Waals surface area (Å²) in [7, 11) is 0. The number of nitrogens with one attached hydrogen (secondary N) is 2. The zero-order valence-electron chi connectivity index (χ0n) is 15.7. The van der Waals surface area contributed by atoms with Crippen LogP contribution >= 0.6 is 0 Å². The first-order valence-electron chi connectivity index (χ1n) is 9.79. The molecule has 1 saturated carbocycles. The number of Topliss-reactive ketones (excluding diaryl/α,β-unsaturated/α-hetero) is 1. The molecule has 0 radical (unpaired) electrons. The van der Waals surface area contributed by atoms with Crippen molar-refractivity contribution in [1.29, 1.82) is 5.26 Å². The van der Waals surface area contributed by atoms with Gasteiger partial charge in [0.2, 0.25) is 5.91 Å². The van der Waals surface area contributed by atoms with E-state index >= 15 is 0 Å². The molecule has 0 saturated heterocycles. The van der Waals surface area contributed by atoms with Gasteiger partial charge in [-0.15, -0.1) is 0 Å². The van der Waals surface area contributed by atoms with Crippen LogP contribution in [0, 0.1) is 17.2 Å². The van der Waals surface area contributed by atoms with Crippen LogP contribution in [0.1, 0.15) is 50.8 Å². The normalized spacial score (nSPS) is 15.7. The van der Waals surface area contributed by atoms with E-state index in [0.29, 0.717) is 29.6 Å². The number of hydrogen-bond donors (Lipinski definition) is 2. The standard InChI is InChI=1S/C21H24N4O3/c22-13-16(21(28)23-14-7-2-1-3-8-14)18(26)11-6-12-19-24-17-10-5-4-9-15(17)20(27)25-19/h4-5,9-10,14,16H,1-3,6-8,11-12H2,(H,23,28)(H,24,25,27). The van der Waals surface area contributed by atoms with Crippen LogP contribution in [0.2, 0.25) is 0 Å². The van der Waals surface area contributed by atoms with E-state index in [1.165, 1.54) is 0 Å². The number of aryl methyl sites for hydroxylation is 1. The second-order valence-electron chi connectivity index (χ2n) is 7.26. The first-order valence-corrected chi connectivity index (χ1v) is 9.79. The molecule has 7 nitrogen and oxygen atoms in total. The Hall–Kier alpha value is -3.01. The molecule has 3 rings (SSSR count). The van der Waals surface area contributed by atoms with Gasteiger partial charge in [0, 0.05) is 18.9 Å². The number of nitriles is 1. The summed E-state index contributed by atoms with van der Waals surface area (Å²) in [5.74, 6) is -1.65. The number of amides is 1. The summed E-state index contributed by atoms with van der Waals surface area (Å²) in [6.07, 6.45) is 5.99. The van der Waals surface area contributed by atoms with Gasteiger partial charge in [-0.25, -0.2) is 4.98 Å². The van der Waals surface area contributed by atoms with Gasteiger partial charge in [-0.2, -0.15) is 5.26 Å². The number of para-hydroxylation sites is 1. The molecular formula is C21H24N4O3. The van der Waals surface area contributed by atoms with Crippen LogP contribution in [0.3, 0.4) is 0 Å². The van der Waals surface area contributed by atoms with E-state index in [-0.39, 0.29) is 23.8 Å². The minimum atomic E-state index is -1.27. The van der Waals surface area contributed by atoms with Crippen molar-refractivity contribution in [3.8, 4) is 6.07 Å². The Morgan fingerprint density at radius 2 is 2.00 bits per heavy atom. The largest absolute Gasteiger partial charge is 0.352 e. The Balaban J connectivity index is 1.54. The van der Waals surface area contributed by atoms with E-state index < -0.39 is 11.8 Å². The highest BCUT2D eigenvalue weighted by molar-refractivity contribution is 6.04. The maximum Gasteiger partial charge on any atom is 0.258 e. The molecule has 1 aromatic heterocycles. The van der Waals surface area contributed by atoms with Gasteiger partial charge in [-0.3, -0.25) is 14.4 Å². The van der Waals surface area contributed by atoms with Gasteiger partial charge in [0.1, 0.15) is 5.82 Å². The number of fused-ring (bicyclic) bond motifs is 1. The Labute approximate surface area is 163 Å². The zero-order valence-corrected chi connectivity index (χ0v) is 15.7. The van der Waals surface area contributed by atoms with Gasteiger partial charge in [0.25, 0.3) is 5.56 Å². The lowest BCUT2D eigenvalue weighted by Gasteiger charge is -2.23. The molecule has 1 unspecified atom stereocenters. The Kier molecular flexibility index (Phi) is 6.53. The first-order chi connectivity index (χ1) is 13.6. The lowest BCUT2D eigenvalue weighted by Crippen LogP contribution is -2.42. The molecule has 1 atom stereocenters. The number of aromatic amines is 1. The Bertz CT molecular complexity index is 954. The molecule has 1 aromatic carbocycles. The zero-order chi connectivity index (χ0) is 19.9. The fraction of sp³-hybridized carbons (Fsp3) is 0.476. The predicted octanol–water partition coefficient (Wildman–Crippen LogP) is 2.40. The Morgan fingerprint density at radius 3 is 2.75 bits per heavy atom. The minimum absolute atomic E-state index is 0.0665. The van der Waals surface area contributed by atoms with E-state index in [2.05, 4.69) is 15.3 Å². The molecule has 1 aliphatic carbocycles. The highest BCUT2D eigenvalue weighted by Gasteiger charge is 2.28.